The Kier molecular flexibility index (Phi) is 6.47. The number of ether oxygens (including phenoxy) is 1. The van der Waals surface area contributed by atoms with Crippen LogP contribution in [0.2, 0.25) is 5.02 Å². The lowest BCUT2D eigenvalue weighted by molar-refractivity contribution is -0.131. The van der Waals surface area contributed by atoms with Crippen LogP contribution in [-0.2, 0) is 21.9 Å². The third-order valence-electron chi connectivity index (χ3n) is 4.23. The summed E-state index contributed by atoms with van der Waals surface area (Å²) in [6.45, 7) is 1.34. The number of thiazole rings is 1. The first-order chi connectivity index (χ1) is 14.1. The van der Waals surface area contributed by atoms with E-state index in [4.69, 9.17) is 16.3 Å². The molecule has 30 heavy (non-hydrogen) atoms. The molecule has 158 valence electrons. The molecule has 7 nitrogen and oxygen atoms in total. The van der Waals surface area contributed by atoms with Gasteiger partial charge in [0.2, 0.25) is 10.0 Å². The average Bonchev–Trinajstić information content (AvgIpc) is 3.03. The van der Waals surface area contributed by atoms with Crippen LogP contribution in [0.1, 0.15) is 6.92 Å². The Morgan fingerprint density at radius 3 is 2.43 bits per heavy atom. The minimum absolute atomic E-state index is 0.0532. The quantitative estimate of drug-likeness (QED) is 0.423. The predicted octanol–water partition coefficient (Wildman–Crippen LogP) is 3.82. The lowest BCUT2D eigenvalue weighted by atomic mass is 10.2. The number of carbonyl (C=O) groups excluding carboxylic acids is 1. The van der Waals surface area contributed by atoms with Crippen LogP contribution in [0.3, 0.4) is 0 Å². The van der Waals surface area contributed by atoms with Crippen molar-refractivity contribution in [3.63, 3.8) is 0 Å². The van der Waals surface area contributed by atoms with Gasteiger partial charge in [0.05, 0.1) is 16.4 Å². The Bertz CT molecular complexity index is 1260. The van der Waals surface area contributed by atoms with Crippen molar-refractivity contribution in [2.75, 3.05) is 14.1 Å². The van der Waals surface area contributed by atoms with E-state index in [1.807, 2.05) is 17.0 Å². The molecule has 1 heterocycles. The number of hydrogen-bond donors (Lipinski definition) is 0. The van der Waals surface area contributed by atoms with Gasteiger partial charge in [0.1, 0.15) is 10.6 Å². The van der Waals surface area contributed by atoms with Crippen molar-refractivity contribution in [1.82, 2.24) is 8.87 Å². The standard InChI is InChI=1S/C20H20ClN3O4S2/c1-13(25)28-16-8-6-15(7-9-16)22-20-24(4)18(12-29-20)14-5-10-17(21)19(11-14)30(26,27)23(2)3/h5-12H,1-4H3/b22-20-. The summed E-state index contributed by atoms with van der Waals surface area (Å²) in [4.78, 5) is 16.4. The zero-order valence-electron chi connectivity index (χ0n) is 16.8. The number of nitrogens with zero attached hydrogens (tertiary/aromatic N) is 3. The van der Waals surface area contributed by atoms with E-state index in [0.717, 1.165) is 14.8 Å². The largest absolute Gasteiger partial charge is 0.427 e. The molecule has 0 aliphatic heterocycles. The van der Waals surface area contributed by atoms with Gasteiger partial charge in [-0.1, -0.05) is 17.7 Å². The molecule has 0 unspecified atom stereocenters. The van der Waals surface area contributed by atoms with E-state index in [2.05, 4.69) is 4.99 Å². The summed E-state index contributed by atoms with van der Waals surface area (Å²) < 4.78 is 33.1. The van der Waals surface area contributed by atoms with Gasteiger partial charge in [-0.3, -0.25) is 4.79 Å². The molecule has 0 saturated carbocycles. The van der Waals surface area contributed by atoms with Crippen LogP contribution in [-0.4, -0.2) is 37.4 Å². The maximum Gasteiger partial charge on any atom is 0.308 e. The Morgan fingerprint density at radius 1 is 1.17 bits per heavy atom. The normalized spacial score (nSPS) is 12.4. The number of hydrogen-bond acceptors (Lipinski definition) is 6. The van der Waals surface area contributed by atoms with Crippen LogP contribution >= 0.6 is 22.9 Å². The van der Waals surface area contributed by atoms with Crippen molar-refractivity contribution >= 4 is 44.6 Å². The smallest absolute Gasteiger partial charge is 0.308 e. The van der Waals surface area contributed by atoms with Crippen LogP contribution in [0, 0.1) is 0 Å². The van der Waals surface area contributed by atoms with Crippen LogP contribution in [0.25, 0.3) is 11.3 Å². The van der Waals surface area contributed by atoms with E-state index in [1.54, 1.807) is 42.5 Å². The van der Waals surface area contributed by atoms with Crippen LogP contribution in [0.4, 0.5) is 5.69 Å². The van der Waals surface area contributed by atoms with Crippen molar-refractivity contribution in [1.29, 1.82) is 0 Å². The number of aromatic nitrogens is 1. The molecule has 0 aliphatic carbocycles. The molecule has 0 radical (unpaired) electrons. The Labute approximate surface area is 183 Å². The number of benzene rings is 2. The SMILES string of the molecule is CC(=O)Oc1ccc(/N=c2\scc(-c3ccc(Cl)c(S(=O)(=O)N(C)C)c3)n2C)cc1. The molecule has 0 fully saturated rings. The molecule has 0 saturated heterocycles. The van der Waals surface area contributed by atoms with Crippen LogP contribution in [0.15, 0.2) is 57.7 Å². The fourth-order valence-electron chi connectivity index (χ4n) is 2.65. The van der Waals surface area contributed by atoms with Crippen LogP contribution < -0.4 is 9.54 Å². The van der Waals surface area contributed by atoms with E-state index in [1.165, 1.54) is 32.4 Å². The molecular formula is C20H20ClN3O4S2. The molecule has 10 heteroatoms. The van der Waals surface area contributed by atoms with Gasteiger partial charge in [-0.15, -0.1) is 11.3 Å². The highest BCUT2D eigenvalue weighted by atomic mass is 35.5. The average molecular weight is 466 g/mol. The second-order valence-corrected chi connectivity index (χ2v) is 9.96. The summed E-state index contributed by atoms with van der Waals surface area (Å²) in [5.74, 6) is 0.0705. The highest BCUT2D eigenvalue weighted by Crippen LogP contribution is 2.30. The van der Waals surface area contributed by atoms with E-state index in [0.29, 0.717) is 17.0 Å². The fourth-order valence-corrected chi connectivity index (χ4v) is 4.97. The second-order valence-electron chi connectivity index (χ2n) is 6.59. The molecule has 1 aromatic heterocycles. The lowest BCUT2D eigenvalue weighted by Gasteiger charge is -2.14. The number of esters is 1. The van der Waals surface area contributed by atoms with Gasteiger partial charge in [-0.25, -0.2) is 17.7 Å². The number of halogens is 1. The van der Waals surface area contributed by atoms with Crippen molar-refractivity contribution < 1.29 is 17.9 Å². The van der Waals surface area contributed by atoms with Crippen molar-refractivity contribution in [3.05, 3.63) is 57.7 Å². The Hall–Kier alpha value is -2.46. The predicted molar refractivity (Wildman–Crippen MR) is 118 cm³/mol. The first kappa shape index (κ1) is 22.2. The molecule has 2 aromatic carbocycles. The van der Waals surface area contributed by atoms with Gasteiger partial charge in [0, 0.05) is 39.0 Å². The molecule has 0 N–H and O–H groups in total. The first-order valence-electron chi connectivity index (χ1n) is 8.80. The van der Waals surface area contributed by atoms with E-state index in [9.17, 15) is 13.2 Å². The number of carbonyl (C=O) groups is 1. The summed E-state index contributed by atoms with van der Waals surface area (Å²) in [7, 11) is 1.11. The molecule has 0 atom stereocenters. The molecule has 3 aromatic rings. The van der Waals surface area contributed by atoms with Gasteiger partial charge in [0.15, 0.2) is 4.80 Å². The fraction of sp³-hybridized carbons (Fsp3) is 0.200. The van der Waals surface area contributed by atoms with Gasteiger partial charge in [-0.2, -0.15) is 0 Å². The maximum atomic E-state index is 12.5. The number of sulfonamides is 1. The Morgan fingerprint density at radius 2 is 1.83 bits per heavy atom. The van der Waals surface area contributed by atoms with Gasteiger partial charge < -0.3 is 9.30 Å². The summed E-state index contributed by atoms with van der Waals surface area (Å²) in [6.07, 6.45) is 0. The Balaban J connectivity index is 2.00. The zero-order valence-corrected chi connectivity index (χ0v) is 19.2. The highest BCUT2D eigenvalue weighted by Gasteiger charge is 2.22. The minimum atomic E-state index is -3.67. The van der Waals surface area contributed by atoms with Gasteiger partial charge >= 0.3 is 5.97 Å². The van der Waals surface area contributed by atoms with Crippen molar-refractivity contribution in [2.24, 2.45) is 12.0 Å². The third kappa shape index (κ3) is 4.65. The highest BCUT2D eigenvalue weighted by molar-refractivity contribution is 7.89. The number of rotatable bonds is 5. The summed E-state index contributed by atoms with van der Waals surface area (Å²) in [5.41, 5.74) is 2.22. The molecule has 0 spiro atoms. The van der Waals surface area contributed by atoms with Crippen molar-refractivity contribution in [3.8, 4) is 17.0 Å². The monoisotopic (exact) mass is 465 g/mol. The van der Waals surface area contributed by atoms with E-state index < -0.39 is 10.0 Å². The zero-order chi connectivity index (χ0) is 22.1. The third-order valence-corrected chi connectivity index (χ3v) is 7.45. The van der Waals surface area contributed by atoms with Gasteiger partial charge in [0.25, 0.3) is 0 Å². The van der Waals surface area contributed by atoms with E-state index >= 15 is 0 Å². The van der Waals surface area contributed by atoms with E-state index in [-0.39, 0.29) is 15.9 Å². The van der Waals surface area contributed by atoms with Crippen molar-refractivity contribution in [2.45, 2.75) is 11.8 Å². The molecular weight excluding hydrogens is 446 g/mol. The molecule has 0 amide bonds. The topological polar surface area (TPSA) is 81.0 Å². The summed E-state index contributed by atoms with van der Waals surface area (Å²) in [6, 6.07) is 11.8. The molecule has 3 rings (SSSR count). The molecule has 0 aliphatic rings. The molecule has 0 bridgehead atoms. The minimum Gasteiger partial charge on any atom is -0.427 e. The van der Waals surface area contributed by atoms with Crippen LogP contribution in [0.5, 0.6) is 5.75 Å². The lowest BCUT2D eigenvalue weighted by Crippen LogP contribution is -2.22. The summed E-state index contributed by atoms with van der Waals surface area (Å²) in [5, 5.41) is 2.07. The summed E-state index contributed by atoms with van der Waals surface area (Å²) >= 11 is 7.57. The second kappa shape index (κ2) is 8.73. The van der Waals surface area contributed by atoms with Gasteiger partial charge in [-0.05, 0) is 36.4 Å². The first-order valence-corrected chi connectivity index (χ1v) is 11.5. The maximum absolute atomic E-state index is 12.5.